The zero-order chi connectivity index (χ0) is 25.9. The second kappa shape index (κ2) is 10.1. The van der Waals surface area contributed by atoms with Crippen LogP contribution in [0.25, 0.3) is 0 Å². The van der Waals surface area contributed by atoms with E-state index in [9.17, 15) is 14.4 Å². The highest BCUT2D eigenvalue weighted by atomic mass is 16.5. The van der Waals surface area contributed by atoms with Crippen LogP contribution >= 0.6 is 0 Å². The van der Waals surface area contributed by atoms with E-state index in [1.807, 2.05) is 49.5 Å². The van der Waals surface area contributed by atoms with Crippen LogP contribution in [-0.4, -0.2) is 29.0 Å². The molecule has 0 saturated heterocycles. The molecule has 1 aliphatic rings. The second-order valence-electron chi connectivity index (χ2n) is 8.93. The van der Waals surface area contributed by atoms with Gasteiger partial charge in [0.05, 0.1) is 24.4 Å². The molecule has 4 aromatic rings. The van der Waals surface area contributed by atoms with Crippen molar-refractivity contribution >= 4 is 29.2 Å². The van der Waals surface area contributed by atoms with Crippen LogP contribution in [0.15, 0.2) is 85.1 Å². The Morgan fingerprint density at radius 3 is 2.41 bits per heavy atom. The van der Waals surface area contributed by atoms with E-state index in [0.29, 0.717) is 41.2 Å². The van der Waals surface area contributed by atoms with E-state index in [1.54, 1.807) is 54.3 Å². The number of benzene rings is 3. The van der Waals surface area contributed by atoms with Crippen molar-refractivity contribution in [2.45, 2.75) is 26.9 Å². The molecule has 0 fully saturated rings. The summed E-state index contributed by atoms with van der Waals surface area (Å²) in [5, 5.41) is 2.89. The maximum Gasteiger partial charge on any atom is 0.338 e. The number of carbonyl (C=O) groups excluding carboxylic acids is 3. The van der Waals surface area contributed by atoms with E-state index in [2.05, 4.69) is 9.88 Å². The summed E-state index contributed by atoms with van der Waals surface area (Å²) in [5.41, 5.74) is 5.56. The first kappa shape index (κ1) is 24.1. The number of amides is 2. The molecule has 0 atom stereocenters. The van der Waals surface area contributed by atoms with Crippen molar-refractivity contribution in [3.05, 3.63) is 119 Å². The maximum absolute atomic E-state index is 13.8. The van der Waals surface area contributed by atoms with Gasteiger partial charge in [0.15, 0.2) is 0 Å². The molecule has 2 amide bonds. The Balaban J connectivity index is 1.43. The van der Waals surface area contributed by atoms with Crippen LogP contribution < -0.4 is 10.2 Å². The average Bonchev–Trinajstić information content (AvgIpc) is 3.28. The quantitative estimate of drug-likeness (QED) is 0.376. The first-order chi connectivity index (χ1) is 17.9. The van der Waals surface area contributed by atoms with Crippen molar-refractivity contribution in [2.24, 2.45) is 0 Å². The highest BCUT2D eigenvalue weighted by molar-refractivity contribution is 6.08. The summed E-state index contributed by atoms with van der Waals surface area (Å²) in [4.78, 5) is 40.5. The van der Waals surface area contributed by atoms with Crippen LogP contribution in [0.1, 0.15) is 54.8 Å². The van der Waals surface area contributed by atoms with Gasteiger partial charge in [-0.25, -0.2) is 4.79 Å². The minimum atomic E-state index is -0.421. The van der Waals surface area contributed by atoms with E-state index >= 15 is 0 Å². The van der Waals surface area contributed by atoms with E-state index in [0.717, 1.165) is 16.8 Å². The summed E-state index contributed by atoms with van der Waals surface area (Å²) >= 11 is 0. The van der Waals surface area contributed by atoms with Gasteiger partial charge in [0, 0.05) is 35.2 Å². The number of aromatic nitrogens is 1. The number of hydrogen-bond acceptors (Lipinski definition) is 4. The van der Waals surface area contributed by atoms with Crippen molar-refractivity contribution < 1.29 is 19.1 Å². The molecule has 3 aromatic carbocycles. The summed E-state index contributed by atoms with van der Waals surface area (Å²) in [6, 6.07) is 23.5. The van der Waals surface area contributed by atoms with Crippen LogP contribution in [0, 0.1) is 6.92 Å². The van der Waals surface area contributed by atoms with Gasteiger partial charge in [-0.1, -0.05) is 24.3 Å². The Bertz CT molecular complexity index is 1490. The molecule has 7 nitrogen and oxygen atoms in total. The normalized spacial score (nSPS) is 12.2. The van der Waals surface area contributed by atoms with Gasteiger partial charge in [-0.3, -0.25) is 9.59 Å². The van der Waals surface area contributed by atoms with Crippen molar-refractivity contribution in [3.63, 3.8) is 0 Å². The number of ether oxygens (including phenoxy) is 1. The first-order valence-electron chi connectivity index (χ1n) is 12.2. The zero-order valence-electron chi connectivity index (χ0n) is 20.7. The van der Waals surface area contributed by atoms with Gasteiger partial charge in [0.2, 0.25) is 0 Å². The zero-order valence-corrected chi connectivity index (χ0v) is 20.7. The molecule has 1 aromatic heterocycles. The third kappa shape index (κ3) is 4.89. The van der Waals surface area contributed by atoms with E-state index in [1.165, 1.54) is 0 Å². The van der Waals surface area contributed by atoms with E-state index < -0.39 is 5.97 Å². The molecule has 7 heteroatoms. The smallest absolute Gasteiger partial charge is 0.338 e. The number of carbonyl (C=O) groups is 3. The summed E-state index contributed by atoms with van der Waals surface area (Å²) in [6.07, 6.45) is 1.98. The number of nitrogens with zero attached hydrogens (tertiary/aromatic N) is 2. The van der Waals surface area contributed by atoms with Gasteiger partial charge in [-0.2, -0.15) is 0 Å². The number of anilines is 2. The lowest BCUT2D eigenvalue weighted by Crippen LogP contribution is -2.31. The standard InChI is InChI=1S/C30H27N3O4/c1-3-37-30(36)22-10-11-23-18-32-16-6-8-25(32)19-33(27(23)17-22)29(35)21-12-14-24(15-13-21)31-28(34)26-9-5-4-7-20(26)2/h4-17H,3,18-19H2,1-2H3,(H,31,34). The topological polar surface area (TPSA) is 80.6 Å². The van der Waals surface area contributed by atoms with Crippen LogP contribution in [0.4, 0.5) is 11.4 Å². The highest BCUT2D eigenvalue weighted by Gasteiger charge is 2.26. The maximum atomic E-state index is 13.8. The fourth-order valence-corrected chi connectivity index (χ4v) is 4.53. The summed E-state index contributed by atoms with van der Waals surface area (Å²) in [6.45, 7) is 4.87. The monoisotopic (exact) mass is 493 g/mol. The predicted octanol–water partition coefficient (Wildman–Crippen LogP) is 5.43. The number of hydrogen-bond donors (Lipinski definition) is 1. The van der Waals surface area contributed by atoms with Crippen LogP contribution in [0.2, 0.25) is 0 Å². The molecule has 0 radical (unpaired) electrons. The van der Waals surface area contributed by atoms with E-state index in [4.69, 9.17) is 4.74 Å². The van der Waals surface area contributed by atoms with E-state index in [-0.39, 0.29) is 18.4 Å². The first-order valence-corrected chi connectivity index (χ1v) is 12.2. The van der Waals surface area contributed by atoms with Gasteiger partial charge in [0.25, 0.3) is 11.8 Å². The van der Waals surface area contributed by atoms with Crippen LogP contribution in [0.5, 0.6) is 0 Å². The lowest BCUT2D eigenvalue weighted by Gasteiger charge is -2.23. The molecule has 1 aliphatic heterocycles. The lowest BCUT2D eigenvalue weighted by atomic mass is 10.1. The third-order valence-electron chi connectivity index (χ3n) is 6.50. The highest BCUT2D eigenvalue weighted by Crippen LogP contribution is 2.31. The summed E-state index contributed by atoms with van der Waals surface area (Å²) in [5.74, 6) is -0.824. The van der Waals surface area contributed by atoms with Crippen molar-refractivity contribution in [3.8, 4) is 0 Å². The molecule has 0 spiro atoms. The SMILES string of the molecule is CCOC(=O)c1ccc2c(c1)N(C(=O)c1ccc(NC(=O)c3ccccc3C)cc1)Cc1cccn1C2. The Kier molecular flexibility index (Phi) is 6.60. The van der Waals surface area contributed by atoms with Gasteiger partial charge in [0.1, 0.15) is 0 Å². The fourth-order valence-electron chi connectivity index (χ4n) is 4.53. The molecular formula is C30H27N3O4. The second-order valence-corrected chi connectivity index (χ2v) is 8.93. The molecule has 37 heavy (non-hydrogen) atoms. The summed E-state index contributed by atoms with van der Waals surface area (Å²) in [7, 11) is 0. The van der Waals surface area contributed by atoms with Crippen LogP contribution in [-0.2, 0) is 17.8 Å². The predicted molar refractivity (Wildman–Crippen MR) is 142 cm³/mol. The Morgan fingerprint density at radius 2 is 1.65 bits per heavy atom. The molecule has 0 unspecified atom stereocenters. The molecule has 5 rings (SSSR count). The van der Waals surface area contributed by atoms with Gasteiger partial charge in [-0.15, -0.1) is 0 Å². The minimum Gasteiger partial charge on any atom is -0.462 e. The van der Waals surface area contributed by atoms with Crippen LogP contribution in [0.3, 0.4) is 0 Å². The van der Waals surface area contributed by atoms with Crippen molar-refractivity contribution in [1.29, 1.82) is 0 Å². The minimum absolute atomic E-state index is 0.200. The summed E-state index contributed by atoms with van der Waals surface area (Å²) < 4.78 is 7.28. The Hall–Kier alpha value is -4.65. The number of aryl methyl sites for hydroxylation is 1. The van der Waals surface area contributed by atoms with Gasteiger partial charge >= 0.3 is 5.97 Å². The number of nitrogens with one attached hydrogen (secondary N) is 1. The molecule has 0 saturated carbocycles. The fraction of sp³-hybridized carbons (Fsp3) is 0.167. The van der Waals surface area contributed by atoms with Crippen molar-refractivity contribution in [2.75, 3.05) is 16.8 Å². The Labute approximate surface area is 215 Å². The molecule has 1 N–H and O–H groups in total. The largest absolute Gasteiger partial charge is 0.462 e. The Morgan fingerprint density at radius 1 is 0.892 bits per heavy atom. The third-order valence-corrected chi connectivity index (χ3v) is 6.50. The molecule has 186 valence electrons. The molecular weight excluding hydrogens is 466 g/mol. The lowest BCUT2D eigenvalue weighted by molar-refractivity contribution is 0.0526. The van der Waals surface area contributed by atoms with Gasteiger partial charge < -0.3 is 19.5 Å². The molecule has 0 aliphatic carbocycles. The average molecular weight is 494 g/mol. The number of esters is 1. The van der Waals surface area contributed by atoms with Gasteiger partial charge in [-0.05, 0) is 79.6 Å². The molecule has 2 heterocycles. The number of rotatable bonds is 5. The molecule has 0 bridgehead atoms. The number of fused-ring (bicyclic) bond motifs is 2. The van der Waals surface area contributed by atoms with Crippen molar-refractivity contribution in [1.82, 2.24) is 4.57 Å².